The van der Waals surface area contributed by atoms with Gasteiger partial charge in [-0.3, -0.25) is 9.97 Å². The van der Waals surface area contributed by atoms with Crippen molar-refractivity contribution < 1.29 is 4.39 Å². The summed E-state index contributed by atoms with van der Waals surface area (Å²) in [4.78, 5) is 10.6. The summed E-state index contributed by atoms with van der Waals surface area (Å²) in [6, 6.07) is 5.68. The van der Waals surface area contributed by atoms with Crippen LogP contribution in [0.4, 0.5) is 4.39 Å². The molecule has 2 rings (SSSR count). The first-order chi connectivity index (χ1) is 11.5. The van der Waals surface area contributed by atoms with Crippen LogP contribution in [0.25, 0.3) is 0 Å². The monoisotopic (exact) mass is 327 g/mol. The lowest BCUT2D eigenvalue weighted by molar-refractivity contribution is 0.321. The topological polar surface area (TPSA) is 29.0 Å². The third kappa shape index (κ3) is 5.15. The molecule has 0 aliphatic heterocycles. The van der Waals surface area contributed by atoms with Gasteiger partial charge in [0.15, 0.2) is 0 Å². The van der Waals surface area contributed by atoms with E-state index in [2.05, 4.69) is 41.4 Å². The Morgan fingerprint density at radius 2 is 2.08 bits per heavy atom. The number of pyridine rings is 2. The molecule has 128 valence electrons. The second-order valence-corrected chi connectivity index (χ2v) is 6.33. The Bertz CT molecular complexity index is 667. The predicted octanol–water partition coefficient (Wildman–Crippen LogP) is 4.50. The summed E-state index contributed by atoms with van der Waals surface area (Å²) in [5, 5.41) is 0. The minimum Gasteiger partial charge on any atom is -0.374 e. The van der Waals surface area contributed by atoms with Crippen molar-refractivity contribution in [3.8, 4) is 0 Å². The molecule has 0 saturated heterocycles. The van der Waals surface area contributed by atoms with Crippen molar-refractivity contribution in [1.82, 2.24) is 14.9 Å². The van der Waals surface area contributed by atoms with Gasteiger partial charge in [0.1, 0.15) is 5.82 Å². The lowest BCUT2D eigenvalue weighted by Crippen LogP contribution is -2.28. The molecule has 0 aliphatic carbocycles. The Hall–Kier alpha value is -2.23. The first-order valence-corrected chi connectivity index (χ1v) is 8.44. The molecular formula is C20H26FN3. The van der Waals surface area contributed by atoms with Gasteiger partial charge in [-0.2, -0.15) is 0 Å². The molecule has 0 fully saturated rings. The maximum atomic E-state index is 13.4. The average molecular weight is 327 g/mol. The predicted molar refractivity (Wildman–Crippen MR) is 96.3 cm³/mol. The molecule has 0 N–H and O–H groups in total. The van der Waals surface area contributed by atoms with E-state index in [0.717, 1.165) is 48.4 Å². The van der Waals surface area contributed by atoms with Gasteiger partial charge in [0, 0.05) is 49.2 Å². The minimum atomic E-state index is -0.286. The fourth-order valence-electron chi connectivity index (χ4n) is 2.73. The SMILES string of the molecule is C=C(Cc1ccc(C)nc1)N(CCC)CC(C)c1cncc(F)c1. The smallest absolute Gasteiger partial charge is 0.141 e. The Kier molecular flexibility index (Phi) is 6.47. The molecule has 0 aromatic carbocycles. The van der Waals surface area contributed by atoms with Gasteiger partial charge in [0.2, 0.25) is 0 Å². The number of aryl methyl sites for hydroxylation is 1. The van der Waals surface area contributed by atoms with Crippen LogP contribution in [-0.4, -0.2) is 28.0 Å². The molecule has 2 aromatic heterocycles. The van der Waals surface area contributed by atoms with E-state index in [1.54, 1.807) is 12.3 Å². The number of nitrogens with zero attached hydrogens (tertiary/aromatic N) is 3. The summed E-state index contributed by atoms with van der Waals surface area (Å²) in [6.45, 7) is 12.2. The van der Waals surface area contributed by atoms with Crippen LogP contribution in [0.1, 0.15) is 43.0 Å². The highest BCUT2D eigenvalue weighted by atomic mass is 19.1. The van der Waals surface area contributed by atoms with Crippen molar-refractivity contribution in [3.05, 3.63) is 71.7 Å². The van der Waals surface area contributed by atoms with Crippen LogP contribution in [-0.2, 0) is 6.42 Å². The number of halogens is 1. The highest BCUT2D eigenvalue weighted by Gasteiger charge is 2.14. The van der Waals surface area contributed by atoms with Crippen LogP contribution in [0.5, 0.6) is 0 Å². The summed E-state index contributed by atoms with van der Waals surface area (Å²) in [5.74, 6) is -0.0985. The van der Waals surface area contributed by atoms with E-state index in [4.69, 9.17) is 0 Å². The lowest BCUT2D eigenvalue weighted by Gasteiger charge is -2.29. The summed E-state index contributed by atoms with van der Waals surface area (Å²) < 4.78 is 13.4. The molecular weight excluding hydrogens is 301 g/mol. The quantitative estimate of drug-likeness (QED) is 0.715. The molecule has 1 atom stereocenters. The highest BCUT2D eigenvalue weighted by molar-refractivity contribution is 5.20. The summed E-state index contributed by atoms with van der Waals surface area (Å²) in [7, 11) is 0. The van der Waals surface area contributed by atoms with E-state index < -0.39 is 0 Å². The maximum Gasteiger partial charge on any atom is 0.141 e. The first kappa shape index (κ1) is 18.1. The second-order valence-electron chi connectivity index (χ2n) is 6.33. The molecule has 0 bridgehead atoms. The van der Waals surface area contributed by atoms with Crippen LogP contribution in [0.3, 0.4) is 0 Å². The number of hydrogen-bond acceptors (Lipinski definition) is 3. The first-order valence-electron chi connectivity index (χ1n) is 8.44. The highest BCUT2D eigenvalue weighted by Crippen LogP contribution is 2.20. The van der Waals surface area contributed by atoms with Gasteiger partial charge in [0.25, 0.3) is 0 Å². The molecule has 0 aliphatic rings. The van der Waals surface area contributed by atoms with Gasteiger partial charge in [-0.25, -0.2) is 4.39 Å². The molecule has 0 saturated carbocycles. The molecule has 2 aromatic rings. The fourth-order valence-corrected chi connectivity index (χ4v) is 2.73. The Morgan fingerprint density at radius 3 is 2.71 bits per heavy atom. The molecule has 24 heavy (non-hydrogen) atoms. The summed E-state index contributed by atoms with van der Waals surface area (Å²) in [6.07, 6.45) is 6.71. The molecule has 0 amide bonds. The molecule has 4 heteroatoms. The Morgan fingerprint density at radius 1 is 1.29 bits per heavy atom. The number of allylic oxidation sites excluding steroid dienone is 1. The van der Waals surface area contributed by atoms with E-state index in [1.807, 2.05) is 19.2 Å². The van der Waals surface area contributed by atoms with Gasteiger partial charge >= 0.3 is 0 Å². The Balaban J connectivity index is 2.04. The van der Waals surface area contributed by atoms with Crippen LogP contribution >= 0.6 is 0 Å². The molecule has 0 spiro atoms. The average Bonchev–Trinajstić information content (AvgIpc) is 2.56. The van der Waals surface area contributed by atoms with Gasteiger partial charge in [0.05, 0.1) is 6.20 Å². The van der Waals surface area contributed by atoms with Gasteiger partial charge < -0.3 is 4.90 Å². The van der Waals surface area contributed by atoms with Crippen LogP contribution < -0.4 is 0 Å². The molecule has 1 unspecified atom stereocenters. The largest absolute Gasteiger partial charge is 0.374 e. The summed E-state index contributed by atoms with van der Waals surface area (Å²) >= 11 is 0. The summed E-state index contributed by atoms with van der Waals surface area (Å²) in [5.41, 5.74) is 4.16. The fraction of sp³-hybridized carbons (Fsp3) is 0.400. The molecule has 2 heterocycles. The molecule has 3 nitrogen and oxygen atoms in total. The zero-order chi connectivity index (χ0) is 17.5. The van der Waals surface area contributed by atoms with Crippen LogP contribution in [0.2, 0.25) is 0 Å². The van der Waals surface area contributed by atoms with E-state index >= 15 is 0 Å². The van der Waals surface area contributed by atoms with E-state index in [9.17, 15) is 4.39 Å². The van der Waals surface area contributed by atoms with Crippen LogP contribution in [0, 0.1) is 12.7 Å². The third-order valence-corrected chi connectivity index (χ3v) is 4.11. The van der Waals surface area contributed by atoms with Gasteiger partial charge in [-0.1, -0.05) is 26.5 Å². The second kappa shape index (κ2) is 8.57. The number of rotatable bonds is 8. The number of aromatic nitrogens is 2. The van der Waals surface area contributed by atoms with Crippen molar-refractivity contribution in [2.24, 2.45) is 0 Å². The van der Waals surface area contributed by atoms with Crippen LogP contribution in [0.15, 0.2) is 49.1 Å². The van der Waals surface area contributed by atoms with Gasteiger partial charge in [-0.15, -0.1) is 0 Å². The number of hydrogen-bond donors (Lipinski definition) is 0. The van der Waals surface area contributed by atoms with Crippen molar-refractivity contribution >= 4 is 0 Å². The van der Waals surface area contributed by atoms with E-state index in [-0.39, 0.29) is 11.7 Å². The van der Waals surface area contributed by atoms with Crippen molar-refractivity contribution in [3.63, 3.8) is 0 Å². The van der Waals surface area contributed by atoms with E-state index in [1.165, 1.54) is 6.20 Å². The van der Waals surface area contributed by atoms with Crippen molar-refractivity contribution in [1.29, 1.82) is 0 Å². The zero-order valence-electron chi connectivity index (χ0n) is 14.8. The lowest BCUT2D eigenvalue weighted by atomic mass is 10.0. The van der Waals surface area contributed by atoms with Crippen molar-refractivity contribution in [2.45, 2.75) is 39.5 Å². The van der Waals surface area contributed by atoms with E-state index in [0.29, 0.717) is 0 Å². The maximum absolute atomic E-state index is 13.4. The standard InChI is InChI=1S/C20H26FN3/c1-5-8-24(14-15(2)19-10-20(21)13-22-12-19)17(4)9-18-7-6-16(3)23-11-18/h6-7,10-13,15H,4-5,8-9,14H2,1-3H3. The Labute approximate surface area is 144 Å². The minimum absolute atomic E-state index is 0.188. The molecule has 0 radical (unpaired) electrons. The third-order valence-electron chi connectivity index (χ3n) is 4.11. The normalized spacial score (nSPS) is 12.0. The zero-order valence-corrected chi connectivity index (χ0v) is 14.8. The van der Waals surface area contributed by atoms with Crippen molar-refractivity contribution in [2.75, 3.05) is 13.1 Å². The van der Waals surface area contributed by atoms with Gasteiger partial charge in [-0.05, 0) is 36.6 Å².